The van der Waals surface area contributed by atoms with E-state index in [4.69, 9.17) is 24.7 Å². The standard InChI is InChI=1S/C45H48N2O7/c1-26(48)53-25-36-34-13-14-35-41-31(19-32(49)21-39(41)52-3)23-45(42(35)44(34)54-43(36)28-10-15-37(50)38(20-28)51-2)18-17-29(22-45)33(30-11-16-40(46)47-24-30)12-9-27-7-5-4-6-8-27/h4-8,10-11,13-16,19-21,24,29,33,36,40,43,47,49-50H,9,12,17-18,22-23,25,46H2,1-3H3. The van der Waals surface area contributed by atoms with Gasteiger partial charge in [-0.25, -0.2) is 0 Å². The average Bonchev–Trinajstić information content (AvgIpc) is 3.76. The summed E-state index contributed by atoms with van der Waals surface area (Å²) >= 11 is 0. The molecule has 8 rings (SSSR count). The first-order valence-electron chi connectivity index (χ1n) is 18.9. The monoisotopic (exact) mass is 728 g/mol. The predicted molar refractivity (Wildman–Crippen MR) is 207 cm³/mol. The van der Waals surface area contributed by atoms with Crippen molar-refractivity contribution in [1.82, 2.24) is 5.32 Å². The molecule has 0 aromatic heterocycles. The molecular weight excluding hydrogens is 681 g/mol. The normalized spacial score (nSPS) is 24.0. The fraction of sp³-hybridized carbons (Fsp3) is 0.356. The van der Waals surface area contributed by atoms with Crippen molar-refractivity contribution in [2.45, 2.75) is 69.1 Å². The molecule has 0 radical (unpaired) electrons. The van der Waals surface area contributed by atoms with E-state index in [0.29, 0.717) is 23.8 Å². The highest BCUT2D eigenvalue weighted by molar-refractivity contribution is 5.84. The number of hydrogen-bond acceptors (Lipinski definition) is 9. The summed E-state index contributed by atoms with van der Waals surface area (Å²) in [6, 6.07) is 23.7. The van der Waals surface area contributed by atoms with Crippen molar-refractivity contribution in [3.8, 4) is 39.9 Å². The zero-order valence-electron chi connectivity index (χ0n) is 31.0. The number of aryl methyl sites for hydroxylation is 1. The molecule has 2 aliphatic heterocycles. The summed E-state index contributed by atoms with van der Waals surface area (Å²) in [5.74, 6) is 1.98. The van der Waals surface area contributed by atoms with Gasteiger partial charge in [0.15, 0.2) is 11.5 Å². The summed E-state index contributed by atoms with van der Waals surface area (Å²) in [6.45, 7) is 1.55. The third-order valence-electron chi connectivity index (χ3n) is 12.1. The number of carbonyl (C=O) groups is 1. The predicted octanol–water partition coefficient (Wildman–Crippen LogP) is 7.73. The highest BCUT2D eigenvalue weighted by Crippen LogP contribution is 2.63. The van der Waals surface area contributed by atoms with Gasteiger partial charge in [0.05, 0.1) is 26.3 Å². The Morgan fingerprint density at radius 3 is 2.59 bits per heavy atom. The molecule has 54 heavy (non-hydrogen) atoms. The summed E-state index contributed by atoms with van der Waals surface area (Å²) in [5, 5.41) is 24.7. The van der Waals surface area contributed by atoms with Crippen molar-refractivity contribution < 1.29 is 34.0 Å². The van der Waals surface area contributed by atoms with Crippen LogP contribution in [0.25, 0.3) is 11.1 Å². The average molecular weight is 729 g/mol. The van der Waals surface area contributed by atoms with Gasteiger partial charge in [0.1, 0.15) is 30.0 Å². The molecule has 9 nitrogen and oxygen atoms in total. The molecule has 0 bridgehead atoms. The Labute approximate surface area is 316 Å². The van der Waals surface area contributed by atoms with Crippen LogP contribution in [0.4, 0.5) is 0 Å². The number of esters is 1. The van der Waals surface area contributed by atoms with Gasteiger partial charge in [-0.05, 0) is 102 Å². The summed E-state index contributed by atoms with van der Waals surface area (Å²) in [6.07, 6.45) is 11.2. The van der Waals surface area contributed by atoms with Gasteiger partial charge in [-0.3, -0.25) is 4.79 Å². The second-order valence-corrected chi connectivity index (χ2v) is 15.3. The Balaban J connectivity index is 1.25. The van der Waals surface area contributed by atoms with Crippen molar-refractivity contribution in [1.29, 1.82) is 0 Å². The summed E-state index contributed by atoms with van der Waals surface area (Å²) in [4.78, 5) is 12.2. The highest BCUT2D eigenvalue weighted by atomic mass is 16.5. The second-order valence-electron chi connectivity index (χ2n) is 15.3. The van der Waals surface area contributed by atoms with Crippen molar-refractivity contribution >= 4 is 5.97 Å². The minimum atomic E-state index is -0.496. The van der Waals surface area contributed by atoms with Gasteiger partial charge in [-0.1, -0.05) is 54.6 Å². The van der Waals surface area contributed by atoms with Crippen LogP contribution in [0.2, 0.25) is 0 Å². The summed E-state index contributed by atoms with van der Waals surface area (Å²) < 4.78 is 24.2. The first-order chi connectivity index (χ1) is 26.2. The number of benzene rings is 4. The molecule has 6 unspecified atom stereocenters. The molecule has 4 aliphatic rings. The zero-order valence-corrected chi connectivity index (χ0v) is 31.0. The quantitative estimate of drug-likeness (QED) is 0.121. The van der Waals surface area contributed by atoms with Gasteiger partial charge in [-0.15, -0.1) is 0 Å². The molecular formula is C45H48N2O7. The fourth-order valence-electron chi connectivity index (χ4n) is 9.68. The zero-order chi connectivity index (χ0) is 37.6. The van der Waals surface area contributed by atoms with Crippen LogP contribution in [0.15, 0.2) is 96.7 Å². The number of methoxy groups -OCH3 is 2. The third kappa shape index (κ3) is 6.44. The number of nitrogens with two attached hydrogens (primary N) is 1. The Kier molecular flexibility index (Phi) is 9.52. The van der Waals surface area contributed by atoms with Gasteiger partial charge in [0.2, 0.25) is 0 Å². The topological polar surface area (TPSA) is 132 Å². The van der Waals surface area contributed by atoms with Crippen LogP contribution >= 0.6 is 0 Å². The summed E-state index contributed by atoms with van der Waals surface area (Å²) in [5.41, 5.74) is 14.5. The lowest BCUT2D eigenvalue weighted by molar-refractivity contribution is -0.141. The maximum absolute atomic E-state index is 12.2. The lowest BCUT2D eigenvalue weighted by atomic mass is 9.64. The van der Waals surface area contributed by atoms with E-state index < -0.39 is 6.10 Å². The van der Waals surface area contributed by atoms with Gasteiger partial charge >= 0.3 is 5.97 Å². The molecule has 2 heterocycles. The van der Waals surface area contributed by atoms with Crippen molar-refractivity contribution in [2.75, 3.05) is 20.8 Å². The minimum Gasteiger partial charge on any atom is -0.508 e. The number of ether oxygens (including phenoxy) is 4. The van der Waals surface area contributed by atoms with Crippen LogP contribution in [0.3, 0.4) is 0 Å². The molecule has 1 spiro atoms. The molecule has 0 saturated heterocycles. The van der Waals surface area contributed by atoms with E-state index >= 15 is 0 Å². The highest BCUT2D eigenvalue weighted by Gasteiger charge is 2.51. The second kappa shape index (κ2) is 14.4. The molecule has 4 aromatic carbocycles. The Bertz CT molecular complexity index is 2130. The van der Waals surface area contributed by atoms with Crippen molar-refractivity contribution in [3.05, 3.63) is 125 Å². The fourth-order valence-corrected chi connectivity index (χ4v) is 9.68. The Morgan fingerprint density at radius 2 is 1.85 bits per heavy atom. The van der Waals surface area contributed by atoms with Gasteiger partial charge in [-0.2, -0.15) is 0 Å². The number of phenols is 2. The van der Waals surface area contributed by atoms with Crippen molar-refractivity contribution in [3.63, 3.8) is 0 Å². The van der Waals surface area contributed by atoms with E-state index in [0.717, 1.165) is 71.2 Å². The number of dihydropyridines is 1. The maximum Gasteiger partial charge on any atom is 0.302 e. The number of phenolic OH excluding ortho intramolecular Hbond substituents is 2. The molecule has 9 heteroatoms. The van der Waals surface area contributed by atoms with Crippen LogP contribution in [0.1, 0.15) is 72.4 Å². The van der Waals surface area contributed by atoms with E-state index in [2.05, 4.69) is 60.1 Å². The van der Waals surface area contributed by atoms with E-state index in [1.54, 1.807) is 25.3 Å². The molecule has 280 valence electrons. The number of hydrogen-bond donors (Lipinski definition) is 4. The van der Waals surface area contributed by atoms with Gasteiger partial charge in [0, 0.05) is 41.3 Å². The van der Waals surface area contributed by atoms with Crippen LogP contribution < -0.4 is 25.3 Å². The first-order valence-corrected chi connectivity index (χ1v) is 18.9. The number of rotatable bonds is 10. The molecule has 4 aromatic rings. The van der Waals surface area contributed by atoms with Crippen LogP contribution in [-0.4, -0.2) is 43.2 Å². The lowest BCUT2D eigenvalue weighted by Gasteiger charge is -2.40. The van der Waals surface area contributed by atoms with Crippen molar-refractivity contribution in [2.24, 2.45) is 17.6 Å². The molecule has 5 N–H and O–H groups in total. The third-order valence-corrected chi connectivity index (χ3v) is 12.1. The van der Waals surface area contributed by atoms with Crippen LogP contribution in [0.5, 0.6) is 28.7 Å². The number of allylic oxidation sites excluding steroid dienone is 2. The molecule has 1 fully saturated rings. The smallest absolute Gasteiger partial charge is 0.302 e. The lowest BCUT2D eigenvalue weighted by Crippen LogP contribution is -2.35. The Hall–Kier alpha value is -5.41. The Morgan fingerprint density at radius 1 is 1.04 bits per heavy atom. The maximum atomic E-state index is 12.2. The number of aromatic hydroxyl groups is 2. The largest absolute Gasteiger partial charge is 0.508 e. The van der Waals surface area contributed by atoms with Gasteiger partial charge in [0.25, 0.3) is 0 Å². The van der Waals surface area contributed by atoms with E-state index in [-0.39, 0.29) is 47.5 Å². The van der Waals surface area contributed by atoms with Crippen LogP contribution in [-0.2, 0) is 27.8 Å². The molecule has 2 aliphatic carbocycles. The van der Waals surface area contributed by atoms with E-state index in [9.17, 15) is 15.0 Å². The number of nitrogens with one attached hydrogen (secondary N) is 1. The first kappa shape index (κ1) is 35.6. The summed E-state index contributed by atoms with van der Waals surface area (Å²) in [7, 11) is 3.16. The minimum absolute atomic E-state index is 0.0375. The number of fused-ring (bicyclic) bond motifs is 6. The molecule has 6 atom stereocenters. The number of carbonyl (C=O) groups excluding carboxylic acids is 1. The SMILES string of the molecule is COc1cc(C2Oc3c(ccc4c3C3(CCC(C(CCc5ccccc5)C5=CNC(N)C=C5)C3)Cc3cc(O)cc(OC)c3-4)C2COC(C)=O)ccc1O. The van der Waals surface area contributed by atoms with Crippen LogP contribution in [0, 0.1) is 11.8 Å². The molecule has 0 amide bonds. The van der Waals surface area contributed by atoms with E-state index in [1.807, 2.05) is 18.2 Å². The van der Waals surface area contributed by atoms with Gasteiger partial charge < -0.3 is 40.2 Å². The molecule has 1 saturated carbocycles. The van der Waals surface area contributed by atoms with E-state index in [1.165, 1.54) is 25.2 Å².